The maximum absolute atomic E-state index is 6.00. The van der Waals surface area contributed by atoms with Gasteiger partial charge in [-0.25, -0.2) is 0 Å². The highest BCUT2D eigenvalue weighted by Crippen LogP contribution is 2.31. The molecule has 4 heteroatoms. The van der Waals surface area contributed by atoms with Crippen LogP contribution in [0.5, 0.6) is 0 Å². The number of halogens is 1. The van der Waals surface area contributed by atoms with E-state index in [-0.39, 0.29) is 0 Å². The van der Waals surface area contributed by atoms with Crippen molar-refractivity contribution in [3.05, 3.63) is 58.7 Å². The molecule has 0 saturated heterocycles. The molecular weight excluding hydrogens is 326 g/mol. The van der Waals surface area contributed by atoms with Crippen LogP contribution in [0.4, 0.5) is 17.1 Å². The number of hydrogen-bond donors (Lipinski definition) is 2. The van der Waals surface area contributed by atoms with Gasteiger partial charge in [0.15, 0.2) is 0 Å². The Kier molecular flexibility index (Phi) is 3.80. The first-order valence-electron chi connectivity index (χ1n) is 6.87. The smallest absolute Gasteiger partial charge is 0.0951 e. The van der Waals surface area contributed by atoms with Gasteiger partial charge in [0.25, 0.3) is 0 Å². The van der Waals surface area contributed by atoms with Crippen LogP contribution in [-0.4, -0.2) is 4.98 Å². The number of anilines is 3. The van der Waals surface area contributed by atoms with Crippen molar-refractivity contribution in [3.8, 4) is 0 Å². The summed E-state index contributed by atoms with van der Waals surface area (Å²) in [5, 5.41) is 4.53. The third-order valence-electron chi connectivity index (χ3n) is 3.52. The zero-order valence-corrected chi connectivity index (χ0v) is 13.3. The lowest BCUT2D eigenvalue weighted by Gasteiger charge is -2.14. The summed E-state index contributed by atoms with van der Waals surface area (Å²) in [6.45, 7) is 2.15. The number of benzene rings is 2. The number of fused-ring (bicyclic) bond motifs is 1. The molecule has 3 aromatic rings. The molecule has 0 amide bonds. The Bertz CT molecular complexity index is 799. The Morgan fingerprint density at radius 2 is 1.95 bits per heavy atom. The fraction of sp³-hybridized carbons (Fsp3) is 0.118. The van der Waals surface area contributed by atoms with Crippen LogP contribution in [0.1, 0.15) is 12.5 Å². The molecule has 2 aromatic carbocycles. The molecular formula is C17H16BrN3. The Morgan fingerprint density at radius 3 is 2.76 bits per heavy atom. The second-order valence-corrected chi connectivity index (χ2v) is 5.80. The second kappa shape index (κ2) is 5.74. The maximum atomic E-state index is 6.00. The Labute approximate surface area is 132 Å². The Morgan fingerprint density at radius 1 is 1.14 bits per heavy atom. The van der Waals surface area contributed by atoms with E-state index in [1.165, 1.54) is 5.56 Å². The minimum atomic E-state index is 0.697. The standard InChI is InChI=1S/C17H16BrN3/c1-2-11-10-12(18)5-7-15(11)21-16-8-6-14(19)17-13(16)4-3-9-20-17/h3-10,21H,2,19H2,1H3. The first kappa shape index (κ1) is 13.9. The summed E-state index contributed by atoms with van der Waals surface area (Å²) in [4.78, 5) is 4.37. The minimum Gasteiger partial charge on any atom is -0.397 e. The predicted molar refractivity (Wildman–Crippen MR) is 93.0 cm³/mol. The molecule has 0 aliphatic rings. The molecule has 3 rings (SSSR count). The van der Waals surface area contributed by atoms with Crippen molar-refractivity contribution in [2.45, 2.75) is 13.3 Å². The normalized spacial score (nSPS) is 10.8. The highest BCUT2D eigenvalue weighted by Gasteiger charge is 2.07. The molecule has 3 nitrogen and oxygen atoms in total. The number of nitrogens with zero attached hydrogens (tertiary/aromatic N) is 1. The van der Waals surface area contributed by atoms with Gasteiger partial charge in [0.2, 0.25) is 0 Å². The first-order chi connectivity index (χ1) is 10.2. The molecule has 0 fully saturated rings. The summed E-state index contributed by atoms with van der Waals surface area (Å²) in [7, 11) is 0. The second-order valence-electron chi connectivity index (χ2n) is 4.88. The number of nitrogen functional groups attached to an aromatic ring is 1. The van der Waals surface area contributed by atoms with E-state index in [9.17, 15) is 0 Å². The van der Waals surface area contributed by atoms with Crippen LogP contribution in [-0.2, 0) is 6.42 Å². The number of nitrogens with one attached hydrogen (secondary N) is 1. The van der Waals surface area contributed by atoms with Crippen LogP contribution >= 0.6 is 15.9 Å². The van der Waals surface area contributed by atoms with Crippen molar-refractivity contribution < 1.29 is 0 Å². The van der Waals surface area contributed by atoms with Gasteiger partial charge >= 0.3 is 0 Å². The molecule has 3 N–H and O–H groups in total. The highest BCUT2D eigenvalue weighted by molar-refractivity contribution is 9.10. The van der Waals surface area contributed by atoms with Crippen LogP contribution in [0.2, 0.25) is 0 Å². The molecule has 0 radical (unpaired) electrons. The Balaban J connectivity index is 2.09. The van der Waals surface area contributed by atoms with Crippen molar-refractivity contribution in [3.63, 3.8) is 0 Å². The van der Waals surface area contributed by atoms with Gasteiger partial charge in [-0.1, -0.05) is 22.9 Å². The summed E-state index contributed by atoms with van der Waals surface area (Å²) < 4.78 is 1.09. The monoisotopic (exact) mass is 341 g/mol. The van der Waals surface area contributed by atoms with Crippen molar-refractivity contribution in [2.24, 2.45) is 0 Å². The zero-order valence-electron chi connectivity index (χ0n) is 11.7. The number of pyridine rings is 1. The van der Waals surface area contributed by atoms with Gasteiger partial charge in [-0.15, -0.1) is 0 Å². The molecule has 0 aliphatic carbocycles. The van der Waals surface area contributed by atoms with E-state index in [1.54, 1.807) is 6.20 Å². The number of aromatic nitrogens is 1. The van der Waals surface area contributed by atoms with E-state index in [1.807, 2.05) is 30.3 Å². The number of rotatable bonds is 3. The summed E-state index contributed by atoms with van der Waals surface area (Å²) in [5.74, 6) is 0. The third-order valence-corrected chi connectivity index (χ3v) is 4.01. The molecule has 0 spiro atoms. The van der Waals surface area contributed by atoms with Crippen LogP contribution < -0.4 is 11.1 Å². The van der Waals surface area contributed by atoms with E-state index in [4.69, 9.17) is 5.73 Å². The minimum absolute atomic E-state index is 0.697. The summed E-state index contributed by atoms with van der Waals surface area (Å²) >= 11 is 3.52. The SMILES string of the molecule is CCc1cc(Br)ccc1Nc1ccc(N)c2ncccc12. The fourth-order valence-electron chi connectivity index (χ4n) is 2.43. The maximum Gasteiger partial charge on any atom is 0.0951 e. The van der Waals surface area contributed by atoms with Gasteiger partial charge in [0.05, 0.1) is 11.2 Å². The molecule has 106 valence electrons. The first-order valence-corrected chi connectivity index (χ1v) is 7.67. The average molecular weight is 342 g/mol. The van der Waals surface area contributed by atoms with E-state index < -0.39 is 0 Å². The van der Waals surface area contributed by atoms with Gasteiger partial charge in [0.1, 0.15) is 0 Å². The molecule has 0 aliphatic heterocycles. The summed E-state index contributed by atoms with van der Waals surface area (Å²) in [6, 6.07) is 14.1. The van der Waals surface area contributed by atoms with Gasteiger partial charge in [-0.2, -0.15) is 0 Å². The number of aryl methyl sites for hydroxylation is 1. The van der Waals surface area contributed by atoms with Gasteiger partial charge < -0.3 is 11.1 Å². The van der Waals surface area contributed by atoms with Crippen molar-refractivity contribution in [1.29, 1.82) is 0 Å². The molecule has 1 aromatic heterocycles. The highest BCUT2D eigenvalue weighted by atomic mass is 79.9. The molecule has 21 heavy (non-hydrogen) atoms. The van der Waals surface area contributed by atoms with Crippen molar-refractivity contribution in [1.82, 2.24) is 4.98 Å². The van der Waals surface area contributed by atoms with Crippen LogP contribution in [0.3, 0.4) is 0 Å². The van der Waals surface area contributed by atoms with E-state index in [0.717, 1.165) is 33.2 Å². The van der Waals surface area contributed by atoms with E-state index in [2.05, 4.69) is 45.3 Å². The third kappa shape index (κ3) is 2.72. The average Bonchev–Trinajstić information content (AvgIpc) is 2.52. The van der Waals surface area contributed by atoms with Gasteiger partial charge in [-0.05, 0) is 54.4 Å². The quantitative estimate of drug-likeness (QED) is 0.667. The van der Waals surface area contributed by atoms with Crippen LogP contribution in [0.25, 0.3) is 10.9 Å². The summed E-state index contributed by atoms with van der Waals surface area (Å²) in [5.41, 5.74) is 10.9. The number of nitrogens with two attached hydrogens (primary N) is 1. The van der Waals surface area contributed by atoms with Crippen LogP contribution in [0.15, 0.2) is 53.1 Å². The summed E-state index contributed by atoms with van der Waals surface area (Å²) in [6.07, 6.45) is 2.73. The number of hydrogen-bond acceptors (Lipinski definition) is 3. The lowest BCUT2D eigenvalue weighted by atomic mass is 10.1. The molecule has 0 unspecified atom stereocenters. The van der Waals surface area contributed by atoms with Crippen LogP contribution in [0, 0.1) is 0 Å². The van der Waals surface area contributed by atoms with E-state index in [0.29, 0.717) is 5.69 Å². The largest absolute Gasteiger partial charge is 0.397 e. The van der Waals surface area contributed by atoms with Crippen molar-refractivity contribution >= 4 is 43.9 Å². The lowest BCUT2D eigenvalue weighted by molar-refractivity contribution is 1.14. The molecule has 0 bridgehead atoms. The zero-order chi connectivity index (χ0) is 14.8. The van der Waals surface area contributed by atoms with Gasteiger partial charge in [0, 0.05) is 27.4 Å². The molecule has 0 atom stereocenters. The van der Waals surface area contributed by atoms with Crippen molar-refractivity contribution in [2.75, 3.05) is 11.1 Å². The lowest BCUT2D eigenvalue weighted by Crippen LogP contribution is -1.98. The fourth-order valence-corrected chi connectivity index (χ4v) is 2.83. The van der Waals surface area contributed by atoms with Gasteiger partial charge in [-0.3, -0.25) is 4.98 Å². The topological polar surface area (TPSA) is 50.9 Å². The Hall–Kier alpha value is -2.07. The molecule has 0 saturated carbocycles. The van der Waals surface area contributed by atoms with E-state index >= 15 is 0 Å². The molecule has 1 heterocycles. The predicted octanol–water partition coefficient (Wildman–Crippen LogP) is 4.89.